The zero-order valence-electron chi connectivity index (χ0n) is 8.72. The second-order valence-corrected chi connectivity index (χ2v) is 4.99. The normalized spacial score (nSPS) is 55.7. The quantitative estimate of drug-likeness (QED) is 0.559. The minimum Gasteiger partial charge on any atom is -0.0882 e. The van der Waals surface area contributed by atoms with Gasteiger partial charge in [0.15, 0.2) is 0 Å². The molecule has 0 heterocycles. The van der Waals surface area contributed by atoms with Crippen LogP contribution in [0.5, 0.6) is 0 Å². The Kier molecular flexibility index (Phi) is 1.50. The zero-order valence-corrected chi connectivity index (χ0v) is 8.72. The Bertz CT molecular complexity index is 214. The molecule has 2 fully saturated rings. The number of hydrogen-bond donors (Lipinski definition) is 0. The molecule has 2 rings (SSSR count). The molecule has 12 heavy (non-hydrogen) atoms. The maximum absolute atomic E-state index is 2.46. The van der Waals surface area contributed by atoms with Crippen molar-refractivity contribution >= 4 is 0 Å². The van der Waals surface area contributed by atoms with E-state index in [0.717, 1.165) is 17.3 Å². The van der Waals surface area contributed by atoms with Crippen LogP contribution < -0.4 is 0 Å². The molecule has 0 aromatic rings. The van der Waals surface area contributed by atoms with Crippen LogP contribution in [0.15, 0.2) is 12.2 Å². The fourth-order valence-corrected chi connectivity index (χ4v) is 3.44. The van der Waals surface area contributed by atoms with Gasteiger partial charge in [-0.05, 0) is 29.1 Å². The predicted octanol–water partition coefficient (Wildman–Crippen LogP) is 3.63. The molecule has 0 aromatic heterocycles. The van der Waals surface area contributed by atoms with Crippen molar-refractivity contribution in [2.45, 2.75) is 40.5 Å². The van der Waals surface area contributed by atoms with Crippen LogP contribution in [-0.4, -0.2) is 0 Å². The second kappa shape index (κ2) is 2.16. The van der Waals surface area contributed by atoms with Crippen molar-refractivity contribution in [2.24, 2.45) is 22.7 Å². The van der Waals surface area contributed by atoms with E-state index in [4.69, 9.17) is 0 Å². The Balaban J connectivity index is 1.95. The van der Waals surface area contributed by atoms with Gasteiger partial charge in [0.25, 0.3) is 0 Å². The van der Waals surface area contributed by atoms with Gasteiger partial charge in [-0.1, -0.05) is 46.3 Å². The average molecular weight is 164 g/mol. The first-order chi connectivity index (χ1) is 5.61. The van der Waals surface area contributed by atoms with Crippen LogP contribution >= 0.6 is 0 Å². The van der Waals surface area contributed by atoms with Crippen molar-refractivity contribution < 1.29 is 0 Å². The van der Waals surface area contributed by atoms with Crippen LogP contribution in [0, 0.1) is 22.7 Å². The average Bonchev–Trinajstić information content (AvgIpc) is 2.90. The van der Waals surface area contributed by atoms with Crippen molar-refractivity contribution in [3.05, 3.63) is 12.2 Å². The van der Waals surface area contributed by atoms with Crippen LogP contribution in [0.25, 0.3) is 0 Å². The van der Waals surface area contributed by atoms with Gasteiger partial charge in [0.1, 0.15) is 0 Å². The number of rotatable bonds is 3. The predicted molar refractivity (Wildman–Crippen MR) is 52.9 cm³/mol. The van der Waals surface area contributed by atoms with Crippen LogP contribution in [0.2, 0.25) is 0 Å². The summed E-state index contributed by atoms with van der Waals surface area (Å²) in [7, 11) is 0. The van der Waals surface area contributed by atoms with Gasteiger partial charge in [0.2, 0.25) is 0 Å². The Morgan fingerprint density at radius 2 is 1.75 bits per heavy atom. The third kappa shape index (κ3) is 0.739. The smallest absolute Gasteiger partial charge is 0.00731 e. The third-order valence-electron chi connectivity index (χ3n) is 4.35. The fourth-order valence-electron chi connectivity index (χ4n) is 3.44. The van der Waals surface area contributed by atoms with Gasteiger partial charge < -0.3 is 0 Å². The van der Waals surface area contributed by atoms with Crippen molar-refractivity contribution in [3.8, 4) is 0 Å². The largest absolute Gasteiger partial charge is 0.0882 e. The second-order valence-electron chi connectivity index (χ2n) is 4.99. The summed E-state index contributed by atoms with van der Waals surface area (Å²) in [5.74, 6) is 2.05. The van der Waals surface area contributed by atoms with E-state index in [1.54, 1.807) is 0 Å². The van der Waals surface area contributed by atoms with Crippen molar-refractivity contribution in [1.29, 1.82) is 0 Å². The van der Waals surface area contributed by atoms with Gasteiger partial charge in [-0.2, -0.15) is 0 Å². The van der Waals surface area contributed by atoms with E-state index in [0.29, 0.717) is 5.41 Å². The molecule has 0 bridgehead atoms. The monoisotopic (exact) mass is 164 g/mol. The van der Waals surface area contributed by atoms with Crippen molar-refractivity contribution in [1.82, 2.24) is 0 Å². The van der Waals surface area contributed by atoms with E-state index in [9.17, 15) is 0 Å². The van der Waals surface area contributed by atoms with Gasteiger partial charge in [0.05, 0.1) is 0 Å². The topological polar surface area (TPSA) is 0 Å². The van der Waals surface area contributed by atoms with Gasteiger partial charge in [-0.15, -0.1) is 0 Å². The first-order valence-electron chi connectivity index (χ1n) is 5.29. The highest BCUT2D eigenvalue weighted by atomic mass is 14.9. The highest BCUT2D eigenvalue weighted by molar-refractivity contribution is 5.38. The van der Waals surface area contributed by atoms with E-state index in [2.05, 4.69) is 39.8 Å². The molecule has 0 N–H and O–H groups in total. The molecule has 0 saturated heterocycles. The summed E-state index contributed by atoms with van der Waals surface area (Å²) < 4.78 is 0. The highest BCUT2D eigenvalue weighted by Gasteiger charge is 2.85. The van der Waals surface area contributed by atoms with Gasteiger partial charge in [0, 0.05) is 0 Å². The molecule has 2 atom stereocenters. The Morgan fingerprint density at radius 1 is 1.17 bits per heavy atom. The maximum atomic E-state index is 2.46. The van der Waals surface area contributed by atoms with E-state index < -0.39 is 0 Å². The fraction of sp³-hybridized carbons (Fsp3) is 0.833. The lowest BCUT2D eigenvalue weighted by atomic mass is 9.78. The molecule has 2 aliphatic rings. The molecule has 0 aromatic carbocycles. The molecule has 0 amide bonds. The first-order valence-corrected chi connectivity index (χ1v) is 5.29. The molecule has 0 aliphatic heterocycles. The lowest BCUT2D eigenvalue weighted by Gasteiger charge is -2.26. The molecule has 2 aliphatic carbocycles. The summed E-state index contributed by atoms with van der Waals surface area (Å²) in [6.07, 6.45) is 7.36. The summed E-state index contributed by atoms with van der Waals surface area (Å²) in [6, 6.07) is 0. The highest BCUT2D eigenvalue weighted by Crippen LogP contribution is 2.89. The van der Waals surface area contributed by atoms with Crippen LogP contribution in [0.3, 0.4) is 0 Å². The molecular weight excluding hydrogens is 144 g/mol. The summed E-state index contributed by atoms with van der Waals surface area (Å²) in [6.45, 7) is 9.42. The lowest BCUT2D eigenvalue weighted by Crippen LogP contribution is -2.19. The standard InChI is InChI=1S/C12H20/c1-5-7-8-12(4)9-10(12)11(9,3)6-2/h7-10H,5-6H2,1-4H3. The summed E-state index contributed by atoms with van der Waals surface area (Å²) in [5.41, 5.74) is 1.34. The van der Waals surface area contributed by atoms with Crippen molar-refractivity contribution in [2.75, 3.05) is 0 Å². The van der Waals surface area contributed by atoms with Crippen LogP contribution in [0.1, 0.15) is 40.5 Å². The molecule has 0 spiro atoms. The molecule has 0 nitrogen and oxygen atoms in total. The maximum Gasteiger partial charge on any atom is -0.00731 e. The molecule has 0 radical (unpaired) electrons. The minimum atomic E-state index is 0.612. The Morgan fingerprint density at radius 3 is 2.17 bits per heavy atom. The molecular formula is C12H20. The van der Waals surface area contributed by atoms with E-state index in [-0.39, 0.29) is 0 Å². The number of fused-ring (bicyclic) bond motifs is 1. The summed E-state index contributed by atoms with van der Waals surface area (Å²) in [5, 5.41) is 0. The van der Waals surface area contributed by atoms with E-state index in [1.165, 1.54) is 12.8 Å². The Labute approximate surface area is 76.1 Å². The molecule has 0 heteroatoms. The Hall–Kier alpha value is -0.260. The van der Waals surface area contributed by atoms with Gasteiger partial charge in [-0.25, -0.2) is 0 Å². The molecule has 2 unspecified atom stereocenters. The first kappa shape index (κ1) is 8.34. The minimum absolute atomic E-state index is 0.612. The number of allylic oxidation sites excluding steroid dienone is 2. The summed E-state index contributed by atoms with van der Waals surface area (Å²) >= 11 is 0. The van der Waals surface area contributed by atoms with E-state index in [1.807, 2.05) is 0 Å². The van der Waals surface area contributed by atoms with E-state index >= 15 is 0 Å². The number of hydrogen-bond acceptors (Lipinski definition) is 0. The summed E-state index contributed by atoms with van der Waals surface area (Å²) in [4.78, 5) is 0. The SMILES string of the molecule is CCC=CC1(C)C2C1C2(C)CC. The van der Waals surface area contributed by atoms with Crippen LogP contribution in [0.4, 0.5) is 0 Å². The van der Waals surface area contributed by atoms with Gasteiger partial charge in [-0.3, -0.25) is 0 Å². The van der Waals surface area contributed by atoms with Gasteiger partial charge >= 0.3 is 0 Å². The molecule has 2 saturated carbocycles. The van der Waals surface area contributed by atoms with Crippen LogP contribution in [-0.2, 0) is 0 Å². The lowest BCUT2D eigenvalue weighted by molar-refractivity contribution is 0.269. The molecule has 68 valence electrons. The third-order valence-corrected chi connectivity index (χ3v) is 4.35. The zero-order chi connectivity index (χ0) is 8.98. The van der Waals surface area contributed by atoms with Crippen molar-refractivity contribution in [3.63, 3.8) is 0 Å².